The Morgan fingerprint density at radius 2 is 2.00 bits per heavy atom. The fourth-order valence-corrected chi connectivity index (χ4v) is 2.75. The normalized spacial score (nSPS) is 21.3. The maximum atomic E-state index is 11.2. The van der Waals surface area contributed by atoms with E-state index in [9.17, 15) is 13.5 Å². The van der Waals surface area contributed by atoms with E-state index in [1.54, 1.807) is 6.92 Å². The summed E-state index contributed by atoms with van der Waals surface area (Å²) < 4.78 is 22.4. The predicted octanol–water partition coefficient (Wildman–Crippen LogP) is 1.61. The van der Waals surface area contributed by atoms with Gasteiger partial charge in [0.1, 0.15) is 9.84 Å². The van der Waals surface area contributed by atoms with Crippen molar-refractivity contribution in [3.63, 3.8) is 0 Å². The van der Waals surface area contributed by atoms with Crippen molar-refractivity contribution >= 4 is 9.84 Å². The summed E-state index contributed by atoms with van der Waals surface area (Å²) in [5.74, 6) is 1.45. The Morgan fingerprint density at radius 3 is 2.47 bits per heavy atom. The predicted molar refractivity (Wildman–Crippen MR) is 61.5 cm³/mol. The molecule has 4 heteroatoms. The fourth-order valence-electron chi connectivity index (χ4n) is 1.86. The minimum absolute atomic E-state index is 0.210. The summed E-state index contributed by atoms with van der Waals surface area (Å²) in [5, 5.41) is 9.80. The molecule has 0 saturated heterocycles. The van der Waals surface area contributed by atoms with Crippen LogP contribution in [0.2, 0.25) is 0 Å². The third-order valence-corrected chi connectivity index (χ3v) is 5.16. The smallest absolute Gasteiger partial charge is 0.150 e. The maximum absolute atomic E-state index is 11.2. The van der Waals surface area contributed by atoms with Crippen LogP contribution in [0.1, 0.15) is 39.5 Å². The van der Waals surface area contributed by atoms with Gasteiger partial charge >= 0.3 is 0 Å². The van der Waals surface area contributed by atoms with E-state index in [-0.39, 0.29) is 17.6 Å². The Labute approximate surface area is 92.8 Å². The molecule has 1 aliphatic carbocycles. The van der Waals surface area contributed by atoms with Crippen molar-refractivity contribution in [1.29, 1.82) is 0 Å². The van der Waals surface area contributed by atoms with E-state index < -0.39 is 9.84 Å². The molecule has 90 valence electrons. The number of aliphatic hydroxyl groups is 1. The monoisotopic (exact) mass is 234 g/mol. The van der Waals surface area contributed by atoms with E-state index >= 15 is 0 Å². The Kier molecular flexibility index (Phi) is 4.59. The SMILES string of the molecule is CCS(=O)(=O)CCCC(O)C(C)C1CC1. The summed E-state index contributed by atoms with van der Waals surface area (Å²) in [7, 11) is -2.86. The highest BCUT2D eigenvalue weighted by Gasteiger charge is 2.32. The van der Waals surface area contributed by atoms with Gasteiger partial charge in [0.15, 0.2) is 0 Å². The molecule has 0 radical (unpaired) electrons. The summed E-state index contributed by atoms with van der Waals surface area (Å²) in [6, 6.07) is 0. The van der Waals surface area contributed by atoms with Crippen molar-refractivity contribution in [2.75, 3.05) is 11.5 Å². The van der Waals surface area contributed by atoms with Gasteiger partial charge in [-0.2, -0.15) is 0 Å². The van der Waals surface area contributed by atoms with Crippen molar-refractivity contribution in [1.82, 2.24) is 0 Å². The second-order valence-corrected chi connectivity index (χ2v) is 7.12. The first-order valence-corrected chi connectivity index (χ1v) is 7.67. The Bertz CT molecular complexity index is 280. The van der Waals surface area contributed by atoms with Gasteiger partial charge in [0.05, 0.1) is 11.9 Å². The number of rotatable bonds is 7. The van der Waals surface area contributed by atoms with E-state index in [4.69, 9.17) is 0 Å². The quantitative estimate of drug-likeness (QED) is 0.728. The molecule has 2 atom stereocenters. The molecule has 1 fully saturated rings. The summed E-state index contributed by atoms with van der Waals surface area (Å²) >= 11 is 0. The first kappa shape index (κ1) is 13.0. The molecule has 1 N–H and O–H groups in total. The van der Waals surface area contributed by atoms with E-state index in [1.165, 1.54) is 12.8 Å². The number of sulfone groups is 1. The largest absolute Gasteiger partial charge is 0.393 e. The average molecular weight is 234 g/mol. The van der Waals surface area contributed by atoms with Crippen LogP contribution in [0.3, 0.4) is 0 Å². The molecular formula is C11H22O3S. The molecule has 0 aromatic carbocycles. The minimum Gasteiger partial charge on any atom is -0.393 e. The van der Waals surface area contributed by atoms with Crippen LogP contribution in [0.4, 0.5) is 0 Å². The van der Waals surface area contributed by atoms with Crippen LogP contribution in [-0.4, -0.2) is 31.1 Å². The topological polar surface area (TPSA) is 54.4 Å². The molecule has 0 spiro atoms. The lowest BCUT2D eigenvalue weighted by molar-refractivity contribution is 0.0960. The highest BCUT2D eigenvalue weighted by Crippen LogP contribution is 2.38. The second kappa shape index (κ2) is 5.30. The molecule has 2 unspecified atom stereocenters. The fraction of sp³-hybridized carbons (Fsp3) is 1.00. The summed E-state index contributed by atoms with van der Waals surface area (Å²) in [4.78, 5) is 0. The Balaban J connectivity index is 2.19. The van der Waals surface area contributed by atoms with Gasteiger partial charge < -0.3 is 5.11 Å². The van der Waals surface area contributed by atoms with Crippen LogP contribution >= 0.6 is 0 Å². The van der Waals surface area contributed by atoms with E-state index in [0.717, 1.165) is 0 Å². The van der Waals surface area contributed by atoms with Gasteiger partial charge in [-0.3, -0.25) is 0 Å². The van der Waals surface area contributed by atoms with E-state index in [1.807, 2.05) is 0 Å². The Hall–Kier alpha value is -0.0900. The lowest BCUT2D eigenvalue weighted by atomic mass is 9.96. The van der Waals surface area contributed by atoms with Crippen molar-refractivity contribution in [2.45, 2.75) is 45.6 Å². The lowest BCUT2D eigenvalue weighted by Crippen LogP contribution is -2.20. The highest BCUT2D eigenvalue weighted by atomic mass is 32.2. The summed E-state index contributed by atoms with van der Waals surface area (Å²) in [6.45, 7) is 3.73. The standard InChI is InChI=1S/C11H22O3S/c1-3-15(13,14)8-4-5-11(12)9(2)10-6-7-10/h9-12H,3-8H2,1-2H3. The zero-order valence-corrected chi connectivity index (χ0v) is 10.5. The number of aliphatic hydroxyl groups excluding tert-OH is 1. The summed E-state index contributed by atoms with van der Waals surface area (Å²) in [5.41, 5.74) is 0. The van der Waals surface area contributed by atoms with Gasteiger partial charge in [-0.15, -0.1) is 0 Å². The van der Waals surface area contributed by atoms with Crippen molar-refractivity contribution in [3.8, 4) is 0 Å². The van der Waals surface area contributed by atoms with E-state index in [0.29, 0.717) is 24.7 Å². The first-order chi connectivity index (χ1) is 6.96. The van der Waals surface area contributed by atoms with Crippen LogP contribution < -0.4 is 0 Å². The molecule has 0 aromatic rings. The first-order valence-electron chi connectivity index (χ1n) is 5.84. The average Bonchev–Trinajstić information content (AvgIpc) is 2.99. The maximum Gasteiger partial charge on any atom is 0.150 e. The lowest BCUT2D eigenvalue weighted by Gasteiger charge is -2.17. The van der Waals surface area contributed by atoms with Crippen molar-refractivity contribution in [3.05, 3.63) is 0 Å². The van der Waals surface area contributed by atoms with Crippen LogP contribution in [0, 0.1) is 11.8 Å². The highest BCUT2D eigenvalue weighted by molar-refractivity contribution is 7.91. The van der Waals surface area contributed by atoms with Crippen LogP contribution in [0.15, 0.2) is 0 Å². The molecule has 1 rings (SSSR count). The van der Waals surface area contributed by atoms with Gasteiger partial charge in [-0.05, 0) is 37.5 Å². The molecule has 1 aliphatic rings. The van der Waals surface area contributed by atoms with Crippen LogP contribution in [0.5, 0.6) is 0 Å². The van der Waals surface area contributed by atoms with Gasteiger partial charge in [0, 0.05) is 5.75 Å². The minimum atomic E-state index is -2.86. The molecule has 0 bridgehead atoms. The van der Waals surface area contributed by atoms with Gasteiger partial charge in [0.2, 0.25) is 0 Å². The van der Waals surface area contributed by atoms with Crippen molar-refractivity contribution in [2.24, 2.45) is 11.8 Å². The summed E-state index contributed by atoms with van der Waals surface area (Å²) in [6.07, 6.45) is 3.35. The molecule has 0 heterocycles. The molecule has 0 amide bonds. The molecule has 0 aromatic heterocycles. The van der Waals surface area contributed by atoms with Crippen LogP contribution in [0.25, 0.3) is 0 Å². The second-order valence-electron chi connectivity index (χ2n) is 4.64. The van der Waals surface area contributed by atoms with Gasteiger partial charge in [-0.25, -0.2) is 8.42 Å². The van der Waals surface area contributed by atoms with Gasteiger partial charge in [-0.1, -0.05) is 13.8 Å². The molecular weight excluding hydrogens is 212 g/mol. The molecule has 1 saturated carbocycles. The number of hydrogen-bond donors (Lipinski definition) is 1. The van der Waals surface area contributed by atoms with Crippen molar-refractivity contribution < 1.29 is 13.5 Å². The van der Waals surface area contributed by atoms with E-state index in [2.05, 4.69) is 6.92 Å². The zero-order chi connectivity index (χ0) is 11.5. The molecule has 0 aliphatic heterocycles. The Morgan fingerprint density at radius 1 is 1.40 bits per heavy atom. The molecule has 15 heavy (non-hydrogen) atoms. The number of hydrogen-bond acceptors (Lipinski definition) is 3. The zero-order valence-electron chi connectivity index (χ0n) is 9.65. The van der Waals surface area contributed by atoms with Crippen LogP contribution in [-0.2, 0) is 9.84 Å². The molecule has 3 nitrogen and oxygen atoms in total. The third-order valence-electron chi connectivity index (χ3n) is 3.37. The van der Waals surface area contributed by atoms with Gasteiger partial charge in [0.25, 0.3) is 0 Å². The third kappa shape index (κ3) is 4.51.